The van der Waals surface area contributed by atoms with Crippen LogP contribution in [0, 0.1) is 12.8 Å². The molecule has 2 aromatic rings. The van der Waals surface area contributed by atoms with E-state index in [4.69, 9.17) is 0 Å². The van der Waals surface area contributed by atoms with E-state index in [0.717, 1.165) is 12.1 Å². The molecule has 1 aliphatic rings. The second-order valence-corrected chi connectivity index (χ2v) is 7.77. The highest BCUT2D eigenvalue weighted by Gasteiger charge is 2.24. The minimum Gasteiger partial charge on any atom is -0.256 e. The van der Waals surface area contributed by atoms with Crippen LogP contribution in [0.4, 0.5) is 0 Å². The van der Waals surface area contributed by atoms with Crippen LogP contribution in [-0.2, 0) is 0 Å². The predicted octanol–water partition coefficient (Wildman–Crippen LogP) is 8.77. The van der Waals surface area contributed by atoms with Crippen molar-refractivity contribution < 1.29 is 0 Å². The van der Waals surface area contributed by atoms with Crippen LogP contribution in [0.15, 0.2) is 102 Å². The van der Waals surface area contributed by atoms with Crippen LogP contribution < -0.4 is 0 Å². The van der Waals surface area contributed by atoms with Crippen molar-refractivity contribution in [2.45, 2.75) is 53.9 Å². The van der Waals surface area contributed by atoms with Gasteiger partial charge in [-0.05, 0) is 66.2 Å². The third kappa shape index (κ3) is 6.04. The average molecular weight is 412 g/mol. The lowest BCUT2D eigenvalue weighted by Gasteiger charge is -2.27. The molecule has 0 amide bonds. The van der Waals surface area contributed by atoms with Gasteiger partial charge in [0, 0.05) is 17.7 Å². The summed E-state index contributed by atoms with van der Waals surface area (Å²) in [6.45, 7) is 16.8. The Kier molecular flexibility index (Phi) is 9.46. The van der Waals surface area contributed by atoms with E-state index in [-0.39, 0.29) is 0 Å². The molecule has 0 aliphatic heterocycles. The predicted molar refractivity (Wildman–Crippen MR) is 137 cm³/mol. The first-order valence-corrected chi connectivity index (χ1v) is 11.5. The second kappa shape index (κ2) is 12.1. The van der Waals surface area contributed by atoms with Gasteiger partial charge in [-0.3, -0.25) is 4.98 Å². The molecule has 0 N–H and O–H groups in total. The lowest BCUT2D eigenvalue weighted by atomic mass is 9.77. The molecule has 1 aromatic carbocycles. The maximum Gasteiger partial charge on any atom is 0.0705 e. The third-order valence-corrected chi connectivity index (χ3v) is 5.78. The molecule has 3 rings (SSSR count). The van der Waals surface area contributed by atoms with Crippen molar-refractivity contribution in [3.05, 3.63) is 113 Å². The molecule has 162 valence electrons. The average Bonchev–Trinajstić information content (AvgIpc) is 2.82. The smallest absolute Gasteiger partial charge is 0.0705 e. The van der Waals surface area contributed by atoms with Crippen LogP contribution in [-0.4, -0.2) is 4.98 Å². The Morgan fingerprint density at radius 1 is 1.10 bits per heavy atom. The van der Waals surface area contributed by atoms with Crippen LogP contribution >= 0.6 is 0 Å². The number of allylic oxidation sites excluding steroid dienone is 9. The lowest BCUT2D eigenvalue weighted by molar-refractivity contribution is 0.629. The van der Waals surface area contributed by atoms with Crippen molar-refractivity contribution in [1.82, 2.24) is 4.98 Å². The van der Waals surface area contributed by atoms with E-state index < -0.39 is 0 Å². The largest absolute Gasteiger partial charge is 0.256 e. The quantitative estimate of drug-likeness (QED) is 0.433. The molecule has 2 unspecified atom stereocenters. The van der Waals surface area contributed by atoms with Gasteiger partial charge in [-0.25, -0.2) is 0 Å². The van der Waals surface area contributed by atoms with Gasteiger partial charge < -0.3 is 0 Å². The number of benzene rings is 1. The molecule has 0 saturated carbocycles. The van der Waals surface area contributed by atoms with Gasteiger partial charge in [0.1, 0.15) is 0 Å². The fourth-order valence-electron chi connectivity index (χ4n) is 3.91. The zero-order chi connectivity index (χ0) is 22.8. The van der Waals surface area contributed by atoms with Gasteiger partial charge in [0.15, 0.2) is 0 Å². The first-order chi connectivity index (χ1) is 15.0. The topological polar surface area (TPSA) is 12.9 Å². The Balaban J connectivity index is 0.00000166. The molecule has 1 nitrogen and oxygen atoms in total. The normalized spacial score (nSPS) is 18.7. The van der Waals surface area contributed by atoms with Gasteiger partial charge in [-0.2, -0.15) is 0 Å². The maximum atomic E-state index is 4.63. The SMILES string of the molecule is C=C/C(=C/C=C(\C)C1=CC(c2c(C)cccc2-c2ccccn2)C(C)C=C1)CC.CC. The molecular formula is C30H37N. The minimum absolute atomic E-state index is 0.325. The van der Waals surface area contributed by atoms with Gasteiger partial charge in [-0.1, -0.05) is 95.0 Å². The Hall–Kier alpha value is -2.93. The third-order valence-electron chi connectivity index (χ3n) is 5.78. The number of aromatic nitrogens is 1. The Morgan fingerprint density at radius 2 is 1.87 bits per heavy atom. The van der Waals surface area contributed by atoms with E-state index >= 15 is 0 Å². The summed E-state index contributed by atoms with van der Waals surface area (Å²) in [5.74, 6) is 0.760. The van der Waals surface area contributed by atoms with Crippen LogP contribution in [0.25, 0.3) is 11.3 Å². The number of rotatable bonds is 6. The highest BCUT2D eigenvalue weighted by molar-refractivity contribution is 5.67. The number of aryl methyl sites for hydroxylation is 1. The van der Waals surface area contributed by atoms with E-state index in [9.17, 15) is 0 Å². The Morgan fingerprint density at radius 3 is 2.52 bits per heavy atom. The zero-order valence-corrected chi connectivity index (χ0v) is 20.0. The van der Waals surface area contributed by atoms with Crippen molar-refractivity contribution in [2.24, 2.45) is 5.92 Å². The summed E-state index contributed by atoms with van der Waals surface area (Å²) in [4.78, 5) is 4.63. The molecule has 0 spiro atoms. The summed E-state index contributed by atoms with van der Waals surface area (Å²) in [6.07, 6.45) is 16.2. The molecule has 0 saturated heterocycles. The molecule has 31 heavy (non-hydrogen) atoms. The fourth-order valence-corrected chi connectivity index (χ4v) is 3.91. The van der Waals surface area contributed by atoms with E-state index in [0.29, 0.717) is 11.8 Å². The van der Waals surface area contributed by atoms with E-state index in [1.807, 2.05) is 32.2 Å². The number of hydrogen-bond acceptors (Lipinski definition) is 1. The zero-order valence-electron chi connectivity index (χ0n) is 20.0. The maximum absolute atomic E-state index is 4.63. The molecule has 2 atom stereocenters. The molecule has 1 heterocycles. The lowest BCUT2D eigenvalue weighted by Crippen LogP contribution is -2.12. The Labute approximate surface area is 189 Å². The summed E-state index contributed by atoms with van der Waals surface area (Å²) in [7, 11) is 0. The summed E-state index contributed by atoms with van der Waals surface area (Å²) in [5.41, 5.74) is 8.79. The first kappa shape index (κ1) is 24.3. The van der Waals surface area contributed by atoms with Crippen LogP contribution in [0.1, 0.15) is 58.1 Å². The molecule has 1 aliphatic carbocycles. The molecule has 0 fully saturated rings. The number of pyridine rings is 1. The van der Waals surface area contributed by atoms with Crippen LogP contribution in [0.3, 0.4) is 0 Å². The van der Waals surface area contributed by atoms with Crippen molar-refractivity contribution in [2.75, 3.05) is 0 Å². The second-order valence-electron chi connectivity index (χ2n) is 7.77. The molecular weight excluding hydrogens is 374 g/mol. The van der Waals surface area contributed by atoms with Gasteiger partial charge in [0.05, 0.1) is 5.69 Å². The van der Waals surface area contributed by atoms with Crippen LogP contribution in [0.5, 0.6) is 0 Å². The first-order valence-electron chi connectivity index (χ1n) is 11.5. The van der Waals surface area contributed by atoms with Gasteiger partial charge >= 0.3 is 0 Å². The standard InChI is InChI=1S/C28H31N.C2H6/c1-6-23(7-2)16-14-20(3)24-17-15-21(4)26(19-24)28-22(5)11-10-12-25(28)27-13-8-9-18-29-27;1-2/h6,8-19,21,26H,1,7H2,2-5H3;1-2H3/b20-14+,23-16-;. The Bertz CT molecular complexity index is 986. The van der Waals surface area contributed by atoms with Crippen LogP contribution in [0.2, 0.25) is 0 Å². The number of hydrogen-bond donors (Lipinski definition) is 0. The summed E-state index contributed by atoms with van der Waals surface area (Å²) in [5, 5.41) is 0. The molecule has 0 radical (unpaired) electrons. The summed E-state index contributed by atoms with van der Waals surface area (Å²) < 4.78 is 0. The highest BCUT2D eigenvalue weighted by Crippen LogP contribution is 2.40. The van der Waals surface area contributed by atoms with Crippen molar-refractivity contribution in [1.29, 1.82) is 0 Å². The van der Waals surface area contributed by atoms with Crippen molar-refractivity contribution >= 4 is 0 Å². The molecule has 1 heteroatoms. The van der Waals surface area contributed by atoms with Gasteiger partial charge in [0.2, 0.25) is 0 Å². The van der Waals surface area contributed by atoms with E-state index in [2.05, 4.69) is 100.0 Å². The van der Waals surface area contributed by atoms with Gasteiger partial charge in [-0.15, -0.1) is 0 Å². The number of nitrogens with zero attached hydrogens (tertiary/aromatic N) is 1. The summed E-state index contributed by atoms with van der Waals surface area (Å²) in [6, 6.07) is 12.7. The monoisotopic (exact) mass is 411 g/mol. The summed E-state index contributed by atoms with van der Waals surface area (Å²) >= 11 is 0. The van der Waals surface area contributed by atoms with E-state index in [1.165, 1.54) is 33.4 Å². The fraction of sp³-hybridized carbons (Fsp3) is 0.300. The van der Waals surface area contributed by atoms with Crippen molar-refractivity contribution in [3.63, 3.8) is 0 Å². The molecule has 0 bridgehead atoms. The minimum atomic E-state index is 0.325. The molecule has 1 aromatic heterocycles. The van der Waals surface area contributed by atoms with Gasteiger partial charge in [0.25, 0.3) is 0 Å². The highest BCUT2D eigenvalue weighted by atomic mass is 14.7. The van der Waals surface area contributed by atoms with Crippen molar-refractivity contribution in [3.8, 4) is 11.3 Å². The van der Waals surface area contributed by atoms with E-state index in [1.54, 1.807) is 0 Å².